The molecule has 0 aromatic heterocycles. The minimum atomic E-state index is -0.00227. The van der Waals surface area contributed by atoms with Gasteiger partial charge in [0.05, 0.1) is 18.6 Å². The predicted molar refractivity (Wildman–Crippen MR) is 95.1 cm³/mol. The topological polar surface area (TPSA) is 51.1 Å². The summed E-state index contributed by atoms with van der Waals surface area (Å²) in [5, 5.41) is 0.768. The van der Waals surface area contributed by atoms with Crippen LogP contribution in [-0.4, -0.2) is 42.8 Å². The number of carbonyl (C=O) groups is 1. The number of amides is 1. The summed E-state index contributed by atoms with van der Waals surface area (Å²) in [5.41, 5.74) is 0.898. The van der Waals surface area contributed by atoms with Crippen LogP contribution in [0.25, 0.3) is 6.08 Å². The van der Waals surface area contributed by atoms with Crippen LogP contribution in [0.1, 0.15) is 26.3 Å². The Kier molecular flexibility index (Phi) is 6.10. The molecule has 124 valence electrons. The molecule has 0 atom stereocenters. The molecule has 1 aliphatic heterocycles. The maximum Gasteiger partial charge on any atom is 0.266 e. The highest BCUT2D eigenvalue weighted by Gasteiger charge is 2.31. The fourth-order valence-electron chi connectivity index (χ4n) is 2.24. The fraction of sp³-hybridized carbons (Fsp3) is 0.412. The van der Waals surface area contributed by atoms with Gasteiger partial charge in [-0.15, -0.1) is 0 Å². The Balaban J connectivity index is 2.31. The minimum absolute atomic E-state index is 0.00227. The first-order valence-electron chi connectivity index (χ1n) is 7.71. The molecule has 1 saturated heterocycles. The van der Waals surface area contributed by atoms with Gasteiger partial charge in [0.15, 0.2) is 16.7 Å². The Morgan fingerprint density at radius 1 is 1.26 bits per heavy atom. The van der Waals surface area contributed by atoms with E-state index in [0.29, 0.717) is 36.1 Å². The molecule has 1 aromatic carbocycles. The van der Waals surface area contributed by atoms with Crippen molar-refractivity contribution in [1.82, 2.24) is 4.90 Å². The van der Waals surface area contributed by atoms with E-state index in [9.17, 15) is 4.79 Å². The highest BCUT2D eigenvalue weighted by molar-refractivity contribution is 8.18. The van der Waals surface area contributed by atoms with E-state index >= 15 is 0 Å². The van der Waals surface area contributed by atoms with E-state index in [-0.39, 0.29) is 5.91 Å². The smallest absolute Gasteiger partial charge is 0.266 e. The largest absolute Gasteiger partial charge is 0.493 e. The first-order valence-corrected chi connectivity index (χ1v) is 8.52. The second kappa shape index (κ2) is 8.06. The average Bonchev–Trinajstić information content (AvgIpc) is 2.84. The molecule has 1 heterocycles. The number of nitrogens with zero attached hydrogens (tertiary/aromatic N) is 2. The zero-order valence-corrected chi connectivity index (χ0v) is 14.8. The lowest BCUT2D eigenvalue weighted by atomic mass is 10.2. The van der Waals surface area contributed by atoms with Crippen LogP contribution in [0, 0.1) is 0 Å². The number of thioether (sulfide) groups is 1. The summed E-state index contributed by atoms with van der Waals surface area (Å²) in [6.45, 7) is 7.70. The van der Waals surface area contributed by atoms with Crippen LogP contribution in [0.2, 0.25) is 0 Å². The summed E-state index contributed by atoms with van der Waals surface area (Å²) in [4.78, 5) is 19.2. The number of benzene rings is 1. The zero-order valence-electron chi connectivity index (χ0n) is 14.0. The number of rotatable bonds is 6. The van der Waals surface area contributed by atoms with Crippen LogP contribution in [0.3, 0.4) is 0 Å². The first kappa shape index (κ1) is 17.4. The summed E-state index contributed by atoms with van der Waals surface area (Å²) >= 11 is 1.41. The number of likely N-dealkylation sites (N-methyl/N-ethyl adjacent to an activating group) is 1. The molecular formula is C17H22N2O3S. The van der Waals surface area contributed by atoms with Gasteiger partial charge in [0.1, 0.15) is 0 Å². The molecule has 0 spiro atoms. The molecule has 0 radical (unpaired) electrons. The molecule has 1 aliphatic rings. The third kappa shape index (κ3) is 3.88. The summed E-state index contributed by atoms with van der Waals surface area (Å²) < 4.78 is 10.9. The van der Waals surface area contributed by atoms with E-state index < -0.39 is 0 Å². The van der Waals surface area contributed by atoms with Gasteiger partial charge in [-0.2, -0.15) is 0 Å². The number of hydrogen-bond acceptors (Lipinski definition) is 5. The van der Waals surface area contributed by atoms with Crippen molar-refractivity contribution in [3.05, 3.63) is 28.7 Å². The van der Waals surface area contributed by atoms with Crippen molar-refractivity contribution in [2.75, 3.05) is 26.8 Å². The first-order chi connectivity index (χ1) is 11.1. The Morgan fingerprint density at radius 3 is 2.65 bits per heavy atom. The van der Waals surface area contributed by atoms with Gasteiger partial charge >= 0.3 is 0 Å². The molecule has 0 bridgehead atoms. The lowest BCUT2D eigenvalue weighted by molar-refractivity contribution is -0.122. The maximum atomic E-state index is 12.5. The average molecular weight is 334 g/mol. The molecule has 0 unspecified atom stereocenters. The van der Waals surface area contributed by atoms with Gasteiger partial charge in [-0.3, -0.25) is 14.7 Å². The Bertz CT molecular complexity index is 641. The van der Waals surface area contributed by atoms with Gasteiger partial charge < -0.3 is 9.47 Å². The summed E-state index contributed by atoms with van der Waals surface area (Å²) in [5.74, 6) is 1.36. The molecule has 1 fully saturated rings. The third-order valence-corrected chi connectivity index (χ3v) is 4.33. The van der Waals surface area contributed by atoms with E-state index in [1.54, 1.807) is 12.0 Å². The second-order valence-corrected chi connectivity index (χ2v) is 5.77. The highest BCUT2D eigenvalue weighted by atomic mass is 32.2. The number of hydrogen-bond donors (Lipinski definition) is 0. The predicted octanol–water partition coefficient (Wildman–Crippen LogP) is 3.41. The molecule has 0 saturated carbocycles. The van der Waals surface area contributed by atoms with Gasteiger partial charge in [0, 0.05) is 13.1 Å². The van der Waals surface area contributed by atoms with Crippen molar-refractivity contribution in [3.8, 4) is 11.5 Å². The van der Waals surface area contributed by atoms with Crippen LogP contribution in [0.5, 0.6) is 11.5 Å². The number of aliphatic imine (C=N–C) groups is 1. The number of ether oxygens (including phenoxy) is 2. The van der Waals surface area contributed by atoms with E-state index in [2.05, 4.69) is 4.99 Å². The fourth-order valence-corrected chi connectivity index (χ4v) is 3.35. The molecule has 0 N–H and O–H groups in total. The van der Waals surface area contributed by atoms with Crippen LogP contribution in [0.4, 0.5) is 0 Å². The molecule has 23 heavy (non-hydrogen) atoms. The Morgan fingerprint density at radius 2 is 2.04 bits per heavy atom. The standard InChI is InChI=1S/C17H22N2O3S/c1-5-18-17-19(6-2)16(20)15(23-17)11-12-8-9-13(22-7-3)14(10-12)21-4/h8-11H,5-7H2,1-4H3. The lowest BCUT2D eigenvalue weighted by Crippen LogP contribution is -2.28. The monoisotopic (exact) mass is 334 g/mol. The van der Waals surface area contributed by atoms with Crippen LogP contribution < -0.4 is 9.47 Å². The second-order valence-electron chi connectivity index (χ2n) is 4.76. The van der Waals surface area contributed by atoms with Crippen molar-refractivity contribution in [2.45, 2.75) is 20.8 Å². The van der Waals surface area contributed by atoms with Gasteiger partial charge in [0.25, 0.3) is 5.91 Å². The zero-order chi connectivity index (χ0) is 16.8. The molecular weight excluding hydrogens is 312 g/mol. The molecule has 6 heteroatoms. The van der Waals surface area contributed by atoms with Gasteiger partial charge in [0.2, 0.25) is 0 Å². The van der Waals surface area contributed by atoms with Crippen molar-refractivity contribution in [1.29, 1.82) is 0 Å². The van der Waals surface area contributed by atoms with E-state index in [1.807, 2.05) is 45.0 Å². The van der Waals surface area contributed by atoms with Crippen molar-refractivity contribution in [3.63, 3.8) is 0 Å². The van der Waals surface area contributed by atoms with Crippen molar-refractivity contribution in [2.24, 2.45) is 4.99 Å². The number of carbonyl (C=O) groups excluding carboxylic acids is 1. The molecule has 0 aliphatic carbocycles. The van der Waals surface area contributed by atoms with Gasteiger partial charge in [-0.1, -0.05) is 6.07 Å². The maximum absolute atomic E-state index is 12.5. The summed E-state index contributed by atoms with van der Waals surface area (Å²) in [6, 6.07) is 5.65. The van der Waals surface area contributed by atoms with E-state index in [1.165, 1.54) is 11.8 Å². The molecule has 5 nitrogen and oxygen atoms in total. The van der Waals surface area contributed by atoms with Crippen molar-refractivity contribution < 1.29 is 14.3 Å². The van der Waals surface area contributed by atoms with E-state index in [4.69, 9.17) is 9.47 Å². The quantitative estimate of drug-likeness (QED) is 0.748. The summed E-state index contributed by atoms with van der Waals surface area (Å²) in [7, 11) is 1.61. The minimum Gasteiger partial charge on any atom is -0.493 e. The SMILES string of the molecule is CCN=C1SC(=Cc2ccc(OCC)c(OC)c2)C(=O)N1CC. The van der Waals surface area contributed by atoms with E-state index in [0.717, 1.165) is 10.7 Å². The molecule has 2 rings (SSSR count). The Labute approximate surface area is 141 Å². The lowest BCUT2D eigenvalue weighted by Gasteiger charge is -2.11. The third-order valence-electron chi connectivity index (χ3n) is 3.28. The molecule has 1 aromatic rings. The van der Waals surface area contributed by atoms with Gasteiger partial charge in [-0.05, 0) is 56.3 Å². The highest BCUT2D eigenvalue weighted by Crippen LogP contribution is 2.34. The van der Waals surface area contributed by atoms with Crippen LogP contribution in [0.15, 0.2) is 28.1 Å². The van der Waals surface area contributed by atoms with Crippen molar-refractivity contribution >= 4 is 28.9 Å². The molecule has 1 amide bonds. The Hall–Kier alpha value is -1.95. The van der Waals surface area contributed by atoms with Gasteiger partial charge in [-0.25, -0.2) is 0 Å². The van der Waals surface area contributed by atoms with Crippen LogP contribution in [-0.2, 0) is 4.79 Å². The summed E-state index contributed by atoms with van der Waals surface area (Å²) in [6.07, 6.45) is 1.87. The van der Waals surface area contributed by atoms with Crippen LogP contribution >= 0.6 is 11.8 Å². The number of methoxy groups -OCH3 is 1. The number of amidine groups is 1. The normalized spacial score (nSPS) is 18.1.